The van der Waals surface area contributed by atoms with Crippen molar-refractivity contribution in [3.63, 3.8) is 0 Å². The summed E-state index contributed by atoms with van der Waals surface area (Å²) in [4.78, 5) is 23.2. The molecule has 5 nitrogen and oxygen atoms in total. The van der Waals surface area contributed by atoms with Crippen LogP contribution in [0.1, 0.15) is 46.0 Å². The van der Waals surface area contributed by atoms with E-state index in [1.165, 1.54) is 0 Å². The van der Waals surface area contributed by atoms with Crippen LogP contribution in [0.5, 0.6) is 0 Å². The molecule has 2 amide bonds. The second kappa shape index (κ2) is 10.00. The van der Waals surface area contributed by atoms with Gasteiger partial charge < -0.3 is 16.4 Å². The summed E-state index contributed by atoms with van der Waals surface area (Å²) in [5, 5.41) is 5.79. The van der Waals surface area contributed by atoms with Gasteiger partial charge in [0.15, 0.2) is 0 Å². The van der Waals surface area contributed by atoms with Gasteiger partial charge in [-0.1, -0.05) is 20.3 Å². The zero-order chi connectivity index (χ0) is 14.3. The van der Waals surface area contributed by atoms with E-state index in [1.807, 2.05) is 13.8 Å². The molecule has 6 heteroatoms. The zero-order valence-electron chi connectivity index (χ0n) is 12.5. The van der Waals surface area contributed by atoms with Gasteiger partial charge in [-0.2, -0.15) is 0 Å². The van der Waals surface area contributed by atoms with E-state index in [0.717, 1.165) is 19.3 Å². The second-order valence-electron chi connectivity index (χ2n) is 5.80. The Morgan fingerprint density at radius 2 is 1.95 bits per heavy atom. The second-order valence-corrected chi connectivity index (χ2v) is 5.80. The fourth-order valence-corrected chi connectivity index (χ4v) is 2.55. The SMILES string of the molecule is CC(C)CC(=O)NCCC(=O)NC1CCCC1CN.Cl. The van der Waals surface area contributed by atoms with Crippen molar-refractivity contribution in [2.24, 2.45) is 17.6 Å². The monoisotopic (exact) mass is 305 g/mol. The smallest absolute Gasteiger partial charge is 0.221 e. The Morgan fingerprint density at radius 1 is 1.25 bits per heavy atom. The fourth-order valence-electron chi connectivity index (χ4n) is 2.55. The van der Waals surface area contributed by atoms with Crippen molar-refractivity contribution in [1.29, 1.82) is 0 Å². The summed E-state index contributed by atoms with van der Waals surface area (Å²) >= 11 is 0. The normalized spacial score (nSPS) is 21.4. The number of nitrogens with two attached hydrogens (primary N) is 1. The lowest BCUT2D eigenvalue weighted by Crippen LogP contribution is -2.41. The first-order valence-corrected chi connectivity index (χ1v) is 7.29. The van der Waals surface area contributed by atoms with Crippen LogP contribution in [0.2, 0.25) is 0 Å². The first-order chi connectivity index (χ1) is 9.02. The molecule has 0 saturated heterocycles. The summed E-state index contributed by atoms with van der Waals surface area (Å²) < 4.78 is 0. The number of rotatable bonds is 7. The van der Waals surface area contributed by atoms with E-state index in [2.05, 4.69) is 10.6 Å². The van der Waals surface area contributed by atoms with Gasteiger partial charge in [0.1, 0.15) is 0 Å². The molecule has 20 heavy (non-hydrogen) atoms. The molecule has 2 atom stereocenters. The Hall–Kier alpha value is -0.810. The number of carbonyl (C=O) groups excluding carboxylic acids is 2. The molecule has 118 valence electrons. The lowest BCUT2D eigenvalue weighted by molar-refractivity contribution is -0.123. The van der Waals surface area contributed by atoms with E-state index >= 15 is 0 Å². The summed E-state index contributed by atoms with van der Waals surface area (Å²) in [7, 11) is 0. The highest BCUT2D eigenvalue weighted by atomic mass is 35.5. The number of nitrogens with one attached hydrogen (secondary N) is 2. The lowest BCUT2D eigenvalue weighted by atomic mass is 10.0. The van der Waals surface area contributed by atoms with Gasteiger partial charge in [-0.05, 0) is 31.2 Å². The fraction of sp³-hybridized carbons (Fsp3) is 0.857. The van der Waals surface area contributed by atoms with E-state index in [0.29, 0.717) is 37.8 Å². The van der Waals surface area contributed by atoms with Crippen LogP contribution < -0.4 is 16.4 Å². The van der Waals surface area contributed by atoms with Gasteiger partial charge >= 0.3 is 0 Å². The van der Waals surface area contributed by atoms with Gasteiger partial charge in [0.05, 0.1) is 0 Å². The third kappa shape index (κ3) is 7.10. The van der Waals surface area contributed by atoms with Gasteiger partial charge in [0.2, 0.25) is 11.8 Å². The summed E-state index contributed by atoms with van der Waals surface area (Å²) in [6.45, 7) is 5.05. The van der Waals surface area contributed by atoms with Crippen molar-refractivity contribution < 1.29 is 9.59 Å². The van der Waals surface area contributed by atoms with E-state index < -0.39 is 0 Å². The molecule has 0 spiro atoms. The molecule has 0 radical (unpaired) electrons. The molecule has 0 aromatic rings. The number of hydrogen-bond donors (Lipinski definition) is 3. The summed E-state index contributed by atoms with van der Waals surface area (Å²) in [6.07, 6.45) is 4.12. The standard InChI is InChI=1S/C14H27N3O2.ClH/c1-10(2)8-14(19)16-7-6-13(18)17-12-5-3-4-11(12)9-15;/h10-12H,3-9,15H2,1-2H3,(H,16,19)(H,17,18);1H. The maximum atomic E-state index is 11.8. The lowest BCUT2D eigenvalue weighted by Gasteiger charge is -2.19. The van der Waals surface area contributed by atoms with Crippen LogP contribution in [0.4, 0.5) is 0 Å². The Balaban J connectivity index is 0.00000361. The highest BCUT2D eigenvalue weighted by Crippen LogP contribution is 2.24. The van der Waals surface area contributed by atoms with E-state index in [-0.39, 0.29) is 30.3 Å². The average Bonchev–Trinajstić information content (AvgIpc) is 2.75. The van der Waals surface area contributed by atoms with Crippen LogP contribution in [0.15, 0.2) is 0 Å². The third-order valence-corrected chi connectivity index (χ3v) is 3.58. The third-order valence-electron chi connectivity index (χ3n) is 3.58. The molecule has 1 rings (SSSR count). The molecule has 1 aliphatic rings. The van der Waals surface area contributed by atoms with Crippen molar-refractivity contribution in [2.45, 2.75) is 52.0 Å². The van der Waals surface area contributed by atoms with Crippen molar-refractivity contribution >= 4 is 24.2 Å². The molecule has 0 aromatic carbocycles. The quantitative estimate of drug-likeness (QED) is 0.661. The van der Waals surface area contributed by atoms with E-state index in [1.54, 1.807) is 0 Å². The van der Waals surface area contributed by atoms with Crippen molar-refractivity contribution in [1.82, 2.24) is 10.6 Å². The van der Waals surface area contributed by atoms with Gasteiger partial charge in [-0.15, -0.1) is 12.4 Å². The topological polar surface area (TPSA) is 84.2 Å². The summed E-state index contributed by atoms with van der Waals surface area (Å²) in [6, 6.07) is 0.226. The highest BCUT2D eigenvalue weighted by Gasteiger charge is 2.26. The predicted molar refractivity (Wildman–Crippen MR) is 82.7 cm³/mol. The molecule has 0 aliphatic heterocycles. The minimum absolute atomic E-state index is 0. The highest BCUT2D eigenvalue weighted by molar-refractivity contribution is 5.85. The van der Waals surface area contributed by atoms with Gasteiger partial charge in [0, 0.05) is 25.4 Å². The van der Waals surface area contributed by atoms with Crippen LogP contribution in [0.25, 0.3) is 0 Å². The predicted octanol–water partition coefficient (Wildman–Crippen LogP) is 1.20. The largest absolute Gasteiger partial charge is 0.356 e. The van der Waals surface area contributed by atoms with Crippen LogP contribution >= 0.6 is 12.4 Å². The average molecular weight is 306 g/mol. The first kappa shape index (κ1) is 19.2. The minimum atomic E-state index is 0. The maximum Gasteiger partial charge on any atom is 0.221 e. The molecule has 0 aromatic heterocycles. The summed E-state index contributed by atoms with van der Waals surface area (Å²) in [5.74, 6) is 0.788. The number of halogens is 1. The first-order valence-electron chi connectivity index (χ1n) is 7.29. The molecule has 1 fully saturated rings. The molecule has 2 unspecified atom stereocenters. The Bertz CT molecular complexity index is 311. The Labute approximate surface area is 127 Å². The molecular formula is C14H28ClN3O2. The molecule has 1 saturated carbocycles. The van der Waals surface area contributed by atoms with E-state index in [4.69, 9.17) is 5.73 Å². The molecule has 0 heterocycles. The van der Waals surface area contributed by atoms with Crippen LogP contribution in [-0.4, -0.2) is 30.9 Å². The Morgan fingerprint density at radius 3 is 2.55 bits per heavy atom. The molecule has 0 bridgehead atoms. The maximum absolute atomic E-state index is 11.8. The molecule has 1 aliphatic carbocycles. The van der Waals surface area contributed by atoms with Gasteiger partial charge in [0.25, 0.3) is 0 Å². The molecule has 4 N–H and O–H groups in total. The number of amides is 2. The van der Waals surface area contributed by atoms with Crippen molar-refractivity contribution in [3.8, 4) is 0 Å². The number of carbonyl (C=O) groups is 2. The zero-order valence-corrected chi connectivity index (χ0v) is 13.3. The van der Waals surface area contributed by atoms with Crippen LogP contribution in [0.3, 0.4) is 0 Å². The van der Waals surface area contributed by atoms with Crippen LogP contribution in [0, 0.1) is 11.8 Å². The minimum Gasteiger partial charge on any atom is -0.356 e. The van der Waals surface area contributed by atoms with Gasteiger partial charge in [-0.3, -0.25) is 9.59 Å². The van der Waals surface area contributed by atoms with E-state index in [9.17, 15) is 9.59 Å². The van der Waals surface area contributed by atoms with Crippen molar-refractivity contribution in [3.05, 3.63) is 0 Å². The Kier molecular flexibility index (Phi) is 9.59. The molecular weight excluding hydrogens is 278 g/mol. The number of hydrogen-bond acceptors (Lipinski definition) is 3. The van der Waals surface area contributed by atoms with Crippen LogP contribution in [-0.2, 0) is 9.59 Å². The summed E-state index contributed by atoms with van der Waals surface area (Å²) in [5.41, 5.74) is 5.68. The van der Waals surface area contributed by atoms with Crippen molar-refractivity contribution in [2.75, 3.05) is 13.1 Å². The van der Waals surface area contributed by atoms with Gasteiger partial charge in [-0.25, -0.2) is 0 Å².